The molecule has 21 heavy (non-hydrogen) atoms. The fourth-order valence-corrected chi connectivity index (χ4v) is 3.78. The topological polar surface area (TPSA) is 25.2 Å². The average Bonchev–Trinajstić information content (AvgIpc) is 2.89. The van der Waals surface area contributed by atoms with Gasteiger partial charge in [-0.1, -0.05) is 35.9 Å². The second-order valence-corrected chi connectivity index (χ2v) is 6.10. The van der Waals surface area contributed by atoms with Gasteiger partial charge in [-0.15, -0.1) is 6.58 Å². The van der Waals surface area contributed by atoms with E-state index < -0.39 is 0 Å². The van der Waals surface area contributed by atoms with Crippen LogP contribution in [-0.2, 0) is 6.54 Å². The molecule has 3 heteroatoms. The molecule has 1 fully saturated rings. The summed E-state index contributed by atoms with van der Waals surface area (Å²) in [4.78, 5) is 0. The van der Waals surface area contributed by atoms with Crippen molar-refractivity contribution in [3.05, 3.63) is 71.5 Å². The molecule has 0 spiro atoms. The largest absolute Gasteiger partial charge is 0.396 e. The summed E-state index contributed by atoms with van der Waals surface area (Å²) in [5.41, 5.74) is 2.45. The minimum absolute atomic E-state index is 0.194. The standard InChI is InChI=1S/C18H20ClNO/c1-2-9-20-10-5-8-18(20)15-11-14(16(15)12-21)13-6-3-4-7-17(13)19/h2-8,10,14-16,21H,1,9,11-12H2. The van der Waals surface area contributed by atoms with Crippen LogP contribution < -0.4 is 0 Å². The highest BCUT2D eigenvalue weighted by Crippen LogP contribution is 2.53. The quantitative estimate of drug-likeness (QED) is 0.822. The first-order chi connectivity index (χ1) is 10.3. The lowest BCUT2D eigenvalue weighted by molar-refractivity contribution is 0.102. The second-order valence-electron chi connectivity index (χ2n) is 5.69. The molecule has 2 aromatic rings. The van der Waals surface area contributed by atoms with Crippen LogP contribution in [0.25, 0.3) is 0 Å². The van der Waals surface area contributed by atoms with E-state index in [1.807, 2.05) is 24.3 Å². The molecular formula is C18H20ClNO. The third kappa shape index (κ3) is 2.54. The molecule has 1 N–H and O–H groups in total. The molecule has 0 saturated heterocycles. The lowest BCUT2D eigenvalue weighted by Crippen LogP contribution is -2.37. The van der Waals surface area contributed by atoms with Crippen LogP contribution in [0, 0.1) is 5.92 Å². The number of allylic oxidation sites excluding steroid dienone is 1. The fourth-order valence-electron chi connectivity index (χ4n) is 3.50. The minimum Gasteiger partial charge on any atom is -0.396 e. The predicted molar refractivity (Wildman–Crippen MR) is 86.8 cm³/mol. The van der Waals surface area contributed by atoms with Crippen molar-refractivity contribution in [2.45, 2.75) is 24.8 Å². The van der Waals surface area contributed by atoms with E-state index in [1.54, 1.807) is 0 Å². The van der Waals surface area contributed by atoms with E-state index in [9.17, 15) is 5.11 Å². The summed E-state index contributed by atoms with van der Waals surface area (Å²) < 4.78 is 2.21. The smallest absolute Gasteiger partial charge is 0.0471 e. The molecule has 3 rings (SSSR count). The van der Waals surface area contributed by atoms with Gasteiger partial charge < -0.3 is 9.67 Å². The van der Waals surface area contributed by atoms with Crippen molar-refractivity contribution < 1.29 is 5.11 Å². The number of benzene rings is 1. The summed E-state index contributed by atoms with van der Waals surface area (Å²) in [5, 5.41) is 10.6. The van der Waals surface area contributed by atoms with Gasteiger partial charge in [0.1, 0.15) is 0 Å². The number of hydrogen-bond acceptors (Lipinski definition) is 1. The molecule has 3 atom stereocenters. The van der Waals surface area contributed by atoms with Crippen molar-refractivity contribution in [1.82, 2.24) is 4.57 Å². The summed E-state index contributed by atoms with van der Waals surface area (Å²) in [7, 11) is 0. The summed E-state index contributed by atoms with van der Waals surface area (Å²) in [6.07, 6.45) is 5.02. The number of rotatable bonds is 5. The molecule has 1 saturated carbocycles. The number of aromatic nitrogens is 1. The molecule has 0 radical (unpaired) electrons. The summed E-state index contributed by atoms with van der Waals surface area (Å²) in [6.45, 7) is 4.81. The highest BCUT2D eigenvalue weighted by molar-refractivity contribution is 6.31. The van der Waals surface area contributed by atoms with E-state index in [4.69, 9.17) is 11.6 Å². The van der Waals surface area contributed by atoms with Crippen LogP contribution in [0.3, 0.4) is 0 Å². The maximum absolute atomic E-state index is 9.83. The van der Waals surface area contributed by atoms with E-state index in [0.29, 0.717) is 11.8 Å². The normalized spacial score (nSPS) is 24.6. The average molecular weight is 302 g/mol. The summed E-state index contributed by atoms with van der Waals surface area (Å²) >= 11 is 6.31. The van der Waals surface area contributed by atoms with Gasteiger partial charge in [0.2, 0.25) is 0 Å². The Bertz CT molecular complexity index is 634. The molecule has 2 nitrogen and oxygen atoms in total. The molecule has 1 aromatic heterocycles. The molecule has 0 amide bonds. The van der Waals surface area contributed by atoms with Crippen LogP contribution in [0.4, 0.5) is 0 Å². The molecule has 1 aliphatic carbocycles. The molecule has 110 valence electrons. The SMILES string of the molecule is C=CCn1cccc1C1CC(c2ccccc2Cl)C1CO. The van der Waals surface area contributed by atoms with Crippen molar-refractivity contribution in [1.29, 1.82) is 0 Å². The van der Waals surface area contributed by atoms with Gasteiger partial charge in [0.15, 0.2) is 0 Å². The van der Waals surface area contributed by atoms with E-state index in [2.05, 4.69) is 35.5 Å². The van der Waals surface area contributed by atoms with Crippen molar-refractivity contribution in [2.75, 3.05) is 6.61 Å². The Morgan fingerprint density at radius 1 is 1.24 bits per heavy atom. The highest BCUT2D eigenvalue weighted by atomic mass is 35.5. The van der Waals surface area contributed by atoms with Crippen LogP contribution in [0.2, 0.25) is 5.02 Å². The number of aliphatic hydroxyl groups is 1. The molecule has 1 aromatic carbocycles. The second kappa shape index (κ2) is 6.08. The van der Waals surface area contributed by atoms with Gasteiger partial charge in [0.25, 0.3) is 0 Å². The van der Waals surface area contributed by atoms with E-state index in [-0.39, 0.29) is 12.5 Å². The van der Waals surface area contributed by atoms with Gasteiger partial charge in [-0.3, -0.25) is 0 Å². The Kier molecular flexibility index (Phi) is 4.18. The van der Waals surface area contributed by atoms with Crippen LogP contribution in [0.1, 0.15) is 29.5 Å². The zero-order chi connectivity index (χ0) is 14.8. The minimum atomic E-state index is 0.194. The van der Waals surface area contributed by atoms with Gasteiger partial charge in [-0.05, 0) is 42.0 Å². The maximum atomic E-state index is 9.83. The zero-order valence-corrected chi connectivity index (χ0v) is 12.7. The van der Waals surface area contributed by atoms with Crippen LogP contribution in [0.15, 0.2) is 55.3 Å². The lowest BCUT2D eigenvalue weighted by atomic mass is 9.61. The van der Waals surface area contributed by atoms with Gasteiger partial charge in [-0.25, -0.2) is 0 Å². The van der Waals surface area contributed by atoms with Crippen LogP contribution >= 0.6 is 11.6 Å². The third-order valence-electron chi connectivity index (χ3n) is 4.63. The number of halogens is 1. The Labute approximate surface area is 130 Å². The fraction of sp³-hybridized carbons (Fsp3) is 0.333. The first kappa shape index (κ1) is 14.4. The number of aliphatic hydroxyl groups excluding tert-OH is 1. The van der Waals surface area contributed by atoms with Crippen molar-refractivity contribution in [3.63, 3.8) is 0 Å². The molecule has 0 aliphatic heterocycles. The highest BCUT2D eigenvalue weighted by Gasteiger charge is 2.43. The van der Waals surface area contributed by atoms with E-state index in [1.165, 1.54) is 5.69 Å². The Morgan fingerprint density at radius 3 is 2.76 bits per heavy atom. The molecule has 1 heterocycles. The van der Waals surface area contributed by atoms with E-state index in [0.717, 1.165) is 23.6 Å². The third-order valence-corrected chi connectivity index (χ3v) is 4.97. The summed E-state index contributed by atoms with van der Waals surface area (Å²) in [5.74, 6) is 0.982. The summed E-state index contributed by atoms with van der Waals surface area (Å²) in [6, 6.07) is 12.2. The van der Waals surface area contributed by atoms with Crippen molar-refractivity contribution >= 4 is 11.6 Å². The molecule has 1 aliphatic rings. The van der Waals surface area contributed by atoms with Gasteiger partial charge >= 0.3 is 0 Å². The molecular weight excluding hydrogens is 282 g/mol. The van der Waals surface area contributed by atoms with Gasteiger partial charge in [-0.2, -0.15) is 0 Å². The Morgan fingerprint density at radius 2 is 2.05 bits per heavy atom. The first-order valence-corrected chi connectivity index (χ1v) is 7.75. The number of nitrogens with zero attached hydrogens (tertiary/aromatic N) is 1. The lowest BCUT2D eigenvalue weighted by Gasteiger charge is -2.45. The van der Waals surface area contributed by atoms with Crippen molar-refractivity contribution in [2.24, 2.45) is 5.92 Å². The number of hydrogen-bond donors (Lipinski definition) is 1. The predicted octanol–water partition coefficient (Wildman–Crippen LogP) is 4.21. The first-order valence-electron chi connectivity index (χ1n) is 7.37. The van der Waals surface area contributed by atoms with Crippen LogP contribution in [0.5, 0.6) is 0 Å². The molecule has 0 bridgehead atoms. The Balaban J connectivity index is 1.84. The maximum Gasteiger partial charge on any atom is 0.0471 e. The van der Waals surface area contributed by atoms with Crippen molar-refractivity contribution in [3.8, 4) is 0 Å². The van der Waals surface area contributed by atoms with E-state index >= 15 is 0 Å². The molecule has 3 unspecified atom stereocenters. The van der Waals surface area contributed by atoms with Gasteiger partial charge in [0, 0.05) is 36.0 Å². The zero-order valence-electron chi connectivity index (χ0n) is 12.0. The van der Waals surface area contributed by atoms with Crippen LogP contribution in [-0.4, -0.2) is 16.3 Å². The monoisotopic (exact) mass is 301 g/mol. The van der Waals surface area contributed by atoms with Gasteiger partial charge in [0.05, 0.1) is 0 Å². The Hall–Kier alpha value is -1.51.